The molecule has 30 heavy (non-hydrogen) atoms. The summed E-state index contributed by atoms with van der Waals surface area (Å²) in [7, 11) is 0. The number of anilines is 1. The Hall–Kier alpha value is -2.76. The average molecular weight is 442 g/mol. The van der Waals surface area contributed by atoms with Crippen molar-refractivity contribution in [3.8, 4) is 0 Å². The second-order valence-electron chi connectivity index (χ2n) is 7.91. The first-order valence-corrected chi connectivity index (χ1v) is 10.2. The molecule has 0 aliphatic heterocycles. The van der Waals surface area contributed by atoms with Crippen LogP contribution in [-0.2, 0) is 5.41 Å². The van der Waals surface area contributed by atoms with Gasteiger partial charge >= 0.3 is 0 Å². The minimum atomic E-state index is -0.378. The molecule has 3 nitrogen and oxygen atoms in total. The number of benzene rings is 2. The SMILES string of the molecule is CC(C)(C)c1cc[n+](C(C(=S)Nc2ccc(Cl)cc2)=C(O)c2ccc(F)cc2)cc1. The van der Waals surface area contributed by atoms with Crippen molar-refractivity contribution < 1.29 is 14.1 Å². The summed E-state index contributed by atoms with van der Waals surface area (Å²) in [6, 6.07) is 16.7. The molecule has 0 saturated heterocycles. The lowest BCUT2D eigenvalue weighted by Crippen LogP contribution is -2.39. The van der Waals surface area contributed by atoms with E-state index >= 15 is 0 Å². The van der Waals surface area contributed by atoms with Gasteiger partial charge in [0.05, 0.1) is 0 Å². The minimum Gasteiger partial charge on any atom is -0.502 e. The summed E-state index contributed by atoms with van der Waals surface area (Å²) >= 11 is 11.6. The number of aliphatic hydroxyl groups excluding tert-OH is 1. The second kappa shape index (κ2) is 8.94. The third kappa shape index (κ3) is 5.23. The van der Waals surface area contributed by atoms with E-state index in [2.05, 4.69) is 26.1 Å². The Morgan fingerprint density at radius 3 is 2.07 bits per heavy atom. The maximum absolute atomic E-state index is 13.4. The first-order valence-electron chi connectivity index (χ1n) is 9.43. The maximum Gasteiger partial charge on any atom is 0.288 e. The fourth-order valence-electron chi connectivity index (χ4n) is 2.89. The highest BCUT2D eigenvalue weighted by Crippen LogP contribution is 2.23. The molecule has 0 aliphatic rings. The van der Waals surface area contributed by atoms with Gasteiger partial charge in [-0.3, -0.25) is 0 Å². The number of nitrogens with one attached hydrogen (secondary N) is 1. The molecule has 0 unspecified atom stereocenters. The van der Waals surface area contributed by atoms with E-state index in [1.807, 2.05) is 24.5 Å². The molecule has 0 fully saturated rings. The van der Waals surface area contributed by atoms with E-state index < -0.39 is 0 Å². The molecule has 154 valence electrons. The molecule has 0 atom stereocenters. The quantitative estimate of drug-likeness (QED) is 0.213. The van der Waals surface area contributed by atoms with Crippen LogP contribution in [0, 0.1) is 5.82 Å². The monoisotopic (exact) mass is 441 g/mol. The lowest BCUT2D eigenvalue weighted by atomic mass is 9.88. The fraction of sp³-hybridized carbons (Fsp3) is 0.167. The Morgan fingerprint density at radius 2 is 1.53 bits per heavy atom. The van der Waals surface area contributed by atoms with Gasteiger partial charge in [0.15, 0.2) is 23.1 Å². The van der Waals surface area contributed by atoms with Crippen molar-refractivity contribution in [2.45, 2.75) is 26.2 Å². The molecule has 3 aromatic rings. The molecular formula is C24H23ClFN2OS+. The predicted molar refractivity (Wildman–Crippen MR) is 125 cm³/mol. The van der Waals surface area contributed by atoms with Crippen LogP contribution in [-0.4, -0.2) is 10.1 Å². The molecule has 0 spiro atoms. The van der Waals surface area contributed by atoms with Crippen molar-refractivity contribution >= 4 is 46.0 Å². The van der Waals surface area contributed by atoms with E-state index in [0.29, 0.717) is 21.3 Å². The number of aromatic nitrogens is 1. The van der Waals surface area contributed by atoms with Gasteiger partial charge in [-0.25, -0.2) is 4.39 Å². The summed E-state index contributed by atoms with van der Waals surface area (Å²) in [4.78, 5) is 0.313. The van der Waals surface area contributed by atoms with Gasteiger partial charge in [-0.05, 0) is 59.5 Å². The molecule has 2 aromatic carbocycles. The van der Waals surface area contributed by atoms with Gasteiger partial charge in [-0.15, -0.1) is 0 Å². The normalized spacial score (nSPS) is 12.3. The lowest BCUT2D eigenvalue weighted by molar-refractivity contribution is -0.575. The Bertz CT molecular complexity index is 1070. The van der Waals surface area contributed by atoms with E-state index in [-0.39, 0.29) is 17.0 Å². The van der Waals surface area contributed by atoms with Gasteiger partial charge in [0.2, 0.25) is 0 Å². The zero-order valence-corrected chi connectivity index (χ0v) is 18.6. The fourth-order valence-corrected chi connectivity index (χ4v) is 3.34. The van der Waals surface area contributed by atoms with Crippen LogP contribution in [0.3, 0.4) is 0 Å². The van der Waals surface area contributed by atoms with Gasteiger partial charge in [0.25, 0.3) is 5.70 Å². The number of halogens is 2. The van der Waals surface area contributed by atoms with Crippen LogP contribution < -0.4 is 9.88 Å². The standard InChI is InChI=1S/C24H22ClFN2OS/c1-24(2,3)17-12-14-28(15-13-17)21(22(29)16-4-8-19(26)9-5-16)23(30)27-20-10-6-18(25)7-11-20/h4-15H,1-3H3,(H-,27,29,30)/p+1. The second-order valence-corrected chi connectivity index (χ2v) is 8.75. The van der Waals surface area contributed by atoms with Crippen LogP contribution in [0.15, 0.2) is 73.1 Å². The van der Waals surface area contributed by atoms with Crippen molar-refractivity contribution in [1.82, 2.24) is 0 Å². The number of nitrogens with zero attached hydrogens (tertiary/aromatic N) is 1. The summed E-state index contributed by atoms with van der Waals surface area (Å²) in [6.45, 7) is 6.39. The van der Waals surface area contributed by atoms with Gasteiger partial charge < -0.3 is 10.4 Å². The highest BCUT2D eigenvalue weighted by atomic mass is 35.5. The van der Waals surface area contributed by atoms with Crippen LogP contribution in [0.25, 0.3) is 11.5 Å². The van der Waals surface area contributed by atoms with Gasteiger partial charge in [-0.2, -0.15) is 4.57 Å². The Balaban J connectivity index is 2.06. The van der Waals surface area contributed by atoms with Crippen LogP contribution in [0.5, 0.6) is 0 Å². The van der Waals surface area contributed by atoms with Crippen molar-refractivity contribution in [2.24, 2.45) is 0 Å². The van der Waals surface area contributed by atoms with E-state index in [9.17, 15) is 9.50 Å². The Labute approximate surface area is 186 Å². The number of hydrogen-bond acceptors (Lipinski definition) is 2. The topological polar surface area (TPSA) is 36.1 Å². The van der Waals surface area contributed by atoms with E-state index in [1.54, 1.807) is 28.8 Å². The molecule has 1 heterocycles. The zero-order chi connectivity index (χ0) is 21.9. The summed E-state index contributed by atoms with van der Waals surface area (Å²) < 4.78 is 15.1. The lowest BCUT2D eigenvalue weighted by Gasteiger charge is -2.18. The van der Waals surface area contributed by atoms with Crippen molar-refractivity contribution in [3.63, 3.8) is 0 Å². The van der Waals surface area contributed by atoms with E-state index in [1.165, 1.54) is 24.3 Å². The van der Waals surface area contributed by atoms with Crippen molar-refractivity contribution in [3.05, 3.63) is 95.0 Å². The summed E-state index contributed by atoms with van der Waals surface area (Å²) in [6.07, 6.45) is 3.71. The van der Waals surface area contributed by atoms with Crippen molar-refractivity contribution in [2.75, 3.05) is 5.32 Å². The molecule has 0 aliphatic carbocycles. The summed E-state index contributed by atoms with van der Waals surface area (Å²) in [5.41, 5.74) is 2.71. The highest BCUT2D eigenvalue weighted by molar-refractivity contribution is 7.81. The largest absolute Gasteiger partial charge is 0.502 e. The zero-order valence-electron chi connectivity index (χ0n) is 17.0. The van der Waals surface area contributed by atoms with Crippen LogP contribution >= 0.6 is 23.8 Å². The van der Waals surface area contributed by atoms with Crippen molar-refractivity contribution in [1.29, 1.82) is 0 Å². The number of pyridine rings is 1. The van der Waals surface area contributed by atoms with Gasteiger partial charge in [0, 0.05) is 28.4 Å². The smallest absolute Gasteiger partial charge is 0.288 e. The number of hydrogen-bond donors (Lipinski definition) is 2. The molecule has 2 N–H and O–H groups in total. The number of aliphatic hydroxyl groups is 1. The molecule has 0 saturated carbocycles. The third-order valence-corrected chi connectivity index (χ3v) is 5.16. The summed E-state index contributed by atoms with van der Waals surface area (Å²) in [5.74, 6) is -0.438. The van der Waals surface area contributed by atoms with Gasteiger partial charge in [0.1, 0.15) is 5.82 Å². The van der Waals surface area contributed by atoms with Gasteiger partial charge in [-0.1, -0.05) is 44.6 Å². The molecule has 0 radical (unpaired) electrons. The number of rotatable bonds is 4. The number of thiocarbonyl (C=S) groups is 1. The molecular weight excluding hydrogens is 419 g/mol. The van der Waals surface area contributed by atoms with Crippen LogP contribution in [0.4, 0.5) is 10.1 Å². The Kier molecular flexibility index (Phi) is 6.54. The maximum atomic E-state index is 13.4. The third-order valence-electron chi connectivity index (χ3n) is 4.61. The average Bonchev–Trinajstić information content (AvgIpc) is 2.70. The Morgan fingerprint density at radius 1 is 0.967 bits per heavy atom. The first-order chi connectivity index (χ1) is 14.1. The molecule has 1 aromatic heterocycles. The summed E-state index contributed by atoms with van der Waals surface area (Å²) in [5, 5.41) is 14.8. The molecule has 0 bridgehead atoms. The minimum absolute atomic E-state index is 0.00989. The molecule has 3 rings (SSSR count). The van der Waals surface area contributed by atoms with Crippen LogP contribution in [0.1, 0.15) is 31.9 Å². The molecule has 6 heteroatoms. The van der Waals surface area contributed by atoms with Crippen LogP contribution in [0.2, 0.25) is 5.02 Å². The highest BCUT2D eigenvalue weighted by Gasteiger charge is 2.25. The predicted octanol–water partition coefficient (Wildman–Crippen LogP) is 6.39. The van der Waals surface area contributed by atoms with E-state index in [0.717, 1.165) is 11.3 Å². The molecule has 0 amide bonds. The first kappa shape index (κ1) is 21.9. The van der Waals surface area contributed by atoms with E-state index in [4.69, 9.17) is 23.8 Å².